The number of halogens is 1. The average molecular weight is 246 g/mol. The first-order chi connectivity index (χ1) is 8.75. The summed E-state index contributed by atoms with van der Waals surface area (Å²) >= 11 is 0. The highest BCUT2D eigenvalue weighted by atomic mass is 19.1. The van der Waals surface area contributed by atoms with Crippen LogP contribution in [0, 0.1) is 5.82 Å². The maximum atomic E-state index is 13.5. The lowest BCUT2D eigenvalue weighted by molar-refractivity contribution is 0.0931. The van der Waals surface area contributed by atoms with Crippen LogP contribution in [0.15, 0.2) is 24.4 Å². The smallest absolute Gasteiger partial charge is 0.273 e. The van der Waals surface area contributed by atoms with Gasteiger partial charge in [-0.1, -0.05) is 12.1 Å². The molecule has 0 fully saturated rings. The Morgan fingerprint density at radius 2 is 2.39 bits per heavy atom. The minimum atomic E-state index is -0.300. The summed E-state index contributed by atoms with van der Waals surface area (Å²) in [5, 5.41) is 12.5. The highest BCUT2D eigenvalue weighted by Crippen LogP contribution is 2.32. The second-order valence-electron chi connectivity index (χ2n) is 4.23. The fraction of sp³-hybridized carbons (Fsp3) is 0.250. The van der Waals surface area contributed by atoms with Crippen molar-refractivity contribution in [2.45, 2.75) is 18.9 Å². The van der Waals surface area contributed by atoms with E-state index in [1.54, 1.807) is 6.07 Å². The molecule has 5 nitrogen and oxygen atoms in total. The summed E-state index contributed by atoms with van der Waals surface area (Å²) in [7, 11) is 0. The van der Waals surface area contributed by atoms with Crippen LogP contribution in [-0.4, -0.2) is 21.3 Å². The molecule has 6 heteroatoms. The van der Waals surface area contributed by atoms with Gasteiger partial charge < -0.3 is 5.32 Å². The Bertz CT molecular complexity index is 582. The number of carbonyl (C=O) groups is 1. The molecular weight excluding hydrogens is 235 g/mol. The number of fused-ring (bicyclic) bond motifs is 1. The van der Waals surface area contributed by atoms with E-state index >= 15 is 0 Å². The third-order valence-electron chi connectivity index (χ3n) is 3.17. The first-order valence-electron chi connectivity index (χ1n) is 5.69. The lowest BCUT2D eigenvalue weighted by Crippen LogP contribution is -2.27. The van der Waals surface area contributed by atoms with Crippen molar-refractivity contribution in [3.8, 4) is 0 Å². The van der Waals surface area contributed by atoms with Crippen molar-refractivity contribution in [3.05, 3.63) is 47.0 Å². The second-order valence-corrected chi connectivity index (χ2v) is 4.23. The molecule has 1 amide bonds. The molecule has 18 heavy (non-hydrogen) atoms. The van der Waals surface area contributed by atoms with Crippen LogP contribution in [0.4, 0.5) is 4.39 Å². The van der Waals surface area contributed by atoms with Gasteiger partial charge in [-0.3, -0.25) is 4.79 Å². The van der Waals surface area contributed by atoms with Gasteiger partial charge in [0.05, 0.1) is 12.2 Å². The summed E-state index contributed by atoms with van der Waals surface area (Å²) in [5.41, 5.74) is 1.79. The average Bonchev–Trinajstić information content (AvgIpc) is 2.99. The van der Waals surface area contributed by atoms with Gasteiger partial charge in [-0.25, -0.2) is 4.39 Å². The van der Waals surface area contributed by atoms with Gasteiger partial charge in [0.25, 0.3) is 5.91 Å². The number of benzene rings is 1. The zero-order valence-corrected chi connectivity index (χ0v) is 9.48. The van der Waals surface area contributed by atoms with Crippen molar-refractivity contribution >= 4 is 5.91 Å². The fourth-order valence-electron chi connectivity index (χ4n) is 2.30. The summed E-state index contributed by atoms with van der Waals surface area (Å²) in [4.78, 5) is 11.8. The monoisotopic (exact) mass is 246 g/mol. The molecular formula is C12H11FN4O. The van der Waals surface area contributed by atoms with Gasteiger partial charge in [0.15, 0.2) is 5.69 Å². The van der Waals surface area contributed by atoms with Crippen LogP contribution in [-0.2, 0) is 6.42 Å². The van der Waals surface area contributed by atoms with E-state index in [1.807, 2.05) is 6.07 Å². The zero-order valence-electron chi connectivity index (χ0n) is 9.48. The van der Waals surface area contributed by atoms with Crippen molar-refractivity contribution < 1.29 is 9.18 Å². The first kappa shape index (κ1) is 10.9. The third kappa shape index (κ3) is 1.75. The Hall–Kier alpha value is -2.24. The van der Waals surface area contributed by atoms with Crippen LogP contribution in [0.25, 0.3) is 0 Å². The second kappa shape index (κ2) is 4.21. The molecule has 0 saturated carbocycles. The molecule has 1 aliphatic carbocycles. The molecule has 1 aliphatic rings. The summed E-state index contributed by atoms with van der Waals surface area (Å²) in [6.45, 7) is 0. The molecule has 2 N–H and O–H groups in total. The molecule has 1 aromatic carbocycles. The summed E-state index contributed by atoms with van der Waals surface area (Å²) in [6.07, 6.45) is 2.71. The number of aromatic nitrogens is 3. The molecule has 0 unspecified atom stereocenters. The molecule has 2 aromatic rings. The molecule has 0 spiro atoms. The van der Waals surface area contributed by atoms with Crippen molar-refractivity contribution in [2.24, 2.45) is 0 Å². The lowest BCUT2D eigenvalue weighted by atomic mass is 10.1. The zero-order chi connectivity index (χ0) is 12.5. The molecule has 1 aromatic heterocycles. The number of H-pyrrole nitrogens is 1. The van der Waals surface area contributed by atoms with E-state index in [0.717, 1.165) is 5.56 Å². The van der Waals surface area contributed by atoms with E-state index in [2.05, 4.69) is 20.7 Å². The van der Waals surface area contributed by atoms with E-state index in [0.29, 0.717) is 18.4 Å². The number of amides is 1. The van der Waals surface area contributed by atoms with Crippen molar-refractivity contribution in [2.75, 3.05) is 0 Å². The molecule has 0 bridgehead atoms. The predicted molar refractivity (Wildman–Crippen MR) is 61.3 cm³/mol. The van der Waals surface area contributed by atoms with Gasteiger partial charge in [0.2, 0.25) is 0 Å². The quantitative estimate of drug-likeness (QED) is 0.840. The number of nitrogens with one attached hydrogen (secondary N) is 2. The standard InChI is InChI=1S/C12H11FN4O/c13-9-3-1-2-8-7(9)4-5-10(8)15-12(18)11-6-14-17-16-11/h1-3,6,10H,4-5H2,(H,15,18)(H,14,16,17)/t10-/m1/s1. The van der Waals surface area contributed by atoms with Crippen LogP contribution in [0.2, 0.25) is 0 Å². The predicted octanol–water partition coefficient (Wildman–Crippen LogP) is 1.36. The topological polar surface area (TPSA) is 70.7 Å². The Morgan fingerprint density at radius 1 is 1.50 bits per heavy atom. The van der Waals surface area contributed by atoms with Gasteiger partial charge in [-0.15, -0.1) is 0 Å². The number of carbonyl (C=O) groups excluding carboxylic acids is 1. The number of nitrogens with zero attached hydrogens (tertiary/aromatic N) is 2. The van der Waals surface area contributed by atoms with Gasteiger partial charge >= 0.3 is 0 Å². The minimum Gasteiger partial charge on any atom is -0.344 e. The third-order valence-corrected chi connectivity index (χ3v) is 3.17. The van der Waals surface area contributed by atoms with E-state index in [9.17, 15) is 9.18 Å². The normalized spacial score (nSPS) is 17.5. The molecule has 1 heterocycles. The van der Waals surface area contributed by atoms with Gasteiger partial charge in [0, 0.05) is 0 Å². The summed E-state index contributed by atoms with van der Waals surface area (Å²) in [6, 6.07) is 4.80. The van der Waals surface area contributed by atoms with Gasteiger partial charge in [-0.05, 0) is 30.0 Å². The lowest BCUT2D eigenvalue weighted by Gasteiger charge is -2.12. The van der Waals surface area contributed by atoms with Crippen LogP contribution >= 0.6 is 0 Å². The molecule has 3 rings (SSSR count). The van der Waals surface area contributed by atoms with E-state index < -0.39 is 0 Å². The number of hydrogen-bond donors (Lipinski definition) is 2. The SMILES string of the molecule is O=C(N[C@@H]1CCc2c(F)cccc21)c1cn[nH]n1. The van der Waals surface area contributed by atoms with Gasteiger partial charge in [0.1, 0.15) is 5.82 Å². The van der Waals surface area contributed by atoms with Gasteiger partial charge in [-0.2, -0.15) is 15.4 Å². The Kier molecular flexibility index (Phi) is 2.55. The van der Waals surface area contributed by atoms with E-state index in [-0.39, 0.29) is 23.5 Å². The van der Waals surface area contributed by atoms with Crippen molar-refractivity contribution in [1.29, 1.82) is 0 Å². The molecule has 0 saturated heterocycles. The number of rotatable bonds is 2. The first-order valence-corrected chi connectivity index (χ1v) is 5.69. The highest BCUT2D eigenvalue weighted by molar-refractivity contribution is 5.92. The van der Waals surface area contributed by atoms with Crippen LogP contribution in [0.3, 0.4) is 0 Å². The molecule has 92 valence electrons. The number of aromatic amines is 1. The van der Waals surface area contributed by atoms with Crippen molar-refractivity contribution in [3.63, 3.8) is 0 Å². The summed E-state index contributed by atoms with van der Waals surface area (Å²) in [5.74, 6) is -0.503. The molecule has 1 atom stereocenters. The fourth-order valence-corrected chi connectivity index (χ4v) is 2.30. The van der Waals surface area contributed by atoms with E-state index in [1.165, 1.54) is 12.3 Å². The maximum Gasteiger partial charge on any atom is 0.273 e. The highest BCUT2D eigenvalue weighted by Gasteiger charge is 2.26. The Balaban J connectivity index is 1.81. The molecule has 0 radical (unpaired) electrons. The van der Waals surface area contributed by atoms with Crippen LogP contribution in [0.5, 0.6) is 0 Å². The largest absolute Gasteiger partial charge is 0.344 e. The van der Waals surface area contributed by atoms with E-state index in [4.69, 9.17) is 0 Å². The van der Waals surface area contributed by atoms with Crippen LogP contribution in [0.1, 0.15) is 34.1 Å². The minimum absolute atomic E-state index is 0.153. The van der Waals surface area contributed by atoms with Crippen molar-refractivity contribution in [1.82, 2.24) is 20.7 Å². The maximum absolute atomic E-state index is 13.5. The Morgan fingerprint density at radius 3 is 3.17 bits per heavy atom. The summed E-state index contributed by atoms with van der Waals surface area (Å²) < 4.78 is 13.5. The molecule has 0 aliphatic heterocycles. The Labute approximate surface area is 102 Å². The van der Waals surface area contributed by atoms with Crippen LogP contribution < -0.4 is 5.32 Å². The number of hydrogen-bond acceptors (Lipinski definition) is 3.